The number of hydrogen-bond donors (Lipinski definition) is 1. The van der Waals surface area contributed by atoms with Gasteiger partial charge in [-0.2, -0.15) is 13.2 Å². The number of furan rings is 1. The van der Waals surface area contributed by atoms with Crippen molar-refractivity contribution in [2.75, 3.05) is 5.32 Å². The third kappa shape index (κ3) is 4.77. The largest absolute Gasteiger partial charge is 0.457 e. The molecule has 0 unspecified atom stereocenters. The van der Waals surface area contributed by atoms with Gasteiger partial charge in [0.25, 0.3) is 0 Å². The Hall–Kier alpha value is -2.70. The number of hydrogen-bond acceptors (Lipinski definition) is 2. The highest BCUT2D eigenvalue weighted by molar-refractivity contribution is 6.35. The number of nitrogens with one attached hydrogen (secondary N) is 1. The number of carbonyl (C=O) groups is 1. The molecule has 0 spiro atoms. The molecule has 3 nitrogen and oxygen atoms in total. The van der Waals surface area contributed by atoms with E-state index in [4.69, 9.17) is 27.6 Å². The summed E-state index contributed by atoms with van der Waals surface area (Å²) in [5, 5.41) is 3.28. The van der Waals surface area contributed by atoms with Gasteiger partial charge in [-0.05, 0) is 42.5 Å². The quantitative estimate of drug-likeness (QED) is 0.460. The first kappa shape index (κ1) is 20.0. The van der Waals surface area contributed by atoms with E-state index in [0.29, 0.717) is 15.7 Å². The van der Waals surface area contributed by atoms with Crippen molar-refractivity contribution in [2.45, 2.75) is 6.18 Å². The predicted molar refractivity (Wildman–Crippen MR) is 103 cm³/mol. The predicted octanol–water partition coefficient (Wildman–Crippen LogP) is 6.92. The molecule has 3 rings (SSSR count). The second-order valence-corrected chi connectivity index (χ2v) is 6.54. The second kappa shape index (κ2) is 8.12. The van der Waals surface area contributed by atoms with E-state index in [0.717, 1.165) is 6.07 Å². The molecule has 0 fully saturated rings. The van der Waals surface area contributed by atoms with E-state index < -0.39 is 17.6 Å². The van der Waals surface area contributed by atoms with Crippen LogP contribution in [0.4, 0.5) is 18.9 Å². The van der Waals surface area contributed by atoms with E-state index in [-0.39, 0.29) is 17.1 Å². The van der Waals surface area contributed by atoms with Crippen LogP contribution in [0, 0.1) is 0 Å². The van der Waals surface area contributed by atoms with Gasteiger partial charge in [0, 0.05) is 16.7 Å². The zero-order valence-electron chi connectivity index (χ0n) is 14.1. The summed E-state index contributed by atoms with van der Waals surface area (Å²) < 4.78 is 44.8. The highest BCUT2D eigenvalue weighted by Gasteiger charge is 2.34. The monoisotopic (exact) mass is 425 g/mol. The topological polar surface area (TPSA) is 42.2 Å². The SMILES string of the molecule is O=C(/C=C/c1ccc(-c2ccccc2C(F)(F)F)o1)Nc1cc(Cl)ccc1Cl. The number of amides is 1. The van der Waals surface area contributed by atoms with Gasteiger partial charge in [0.15, 0.2) is 0 Å². The van der Waals surface area contributed by atoms with Crippen molar-refractivity contribution < 1.29 is 22.4 Å². The minimum atomic E-state index is -4.50. The number of carbonyl (C=O) groups excluding carboxylic acids is 1. The molecule has 1 amide bonds. The van der Waals surface area contributed by atoms with Crippen LogP contribution in [-0.2, 0) is 11.0 Å². The van der Waals surface area contributed by atoms with Crippen LogP contribution in [0.25, 0.3) is 17.4 Å². The molecule has 0 bridgehead atoms. The fourth-order valence-electron chi connectivity index (χ4n) is 2.46. The molecule has 2 aromatic carbocycles. The van der Waals surface area contributed by atoms with E-state index in [1.165, 1.54) is 48.6 Å². The molecule has 0 aliphatic rings. The zero-order valence-corrected chi connectivity index (χ0v) is 15.6. The maximum absolute atomic E-state index is 13.1. The fourth-order valence-corrected chi connectivity index (χ4v) is 2.79. The molecule has 0 aliphatic heterocycles. The highest BCUT2D eigenvalue weighted by Crippen LogP contribution is 2.37. The lowest BCUT2D eigenvalue weighted by Crippen LogP contribution is -2.08. The molecule has 0 atom stereocenters. The Kier molecular flexibility index (Phi) is 5.82. The number of rotatable bonds is 4. The number of benzene rings is 2. The minimum absolute atomic E-state index is 0.0471. The van der Waals surface area contributed by atoms with Gasteiger partial charge in [0.05, 0.1) is 16.3 Å². The first-order valence-electron chi connectivity index (χ1n) is 7.94. The molecule has 1 heterocycles. The van der Waals surface area contributed by atoms with Crippen molar-refractivity contribution in [1.29, 1.82) is 0 Å². The first-order chi connectivity index (χ1) is 13.2. The lowest BCUT2D eigenvalue weighted by molar-refractivity contribution is -0.137. The molecule has 0 radical (unpaired) electrons. The number of anilines is 1. The van der Waals surface area contributed by atoms with Crippen molar-refractivity contribution in [2.24, 2.45) is 0 Å². The first-order valence-corrected chi connectivity index (χ1v) is 8.70. The van der Waals surface area contributed by atoms with E-state index >= 15 is 0 Å². The van der Waals surface area contributed by atoms with Gasteiger partial charge in [-0.15, -0.1) is 0 Å². The Bertz CT molecular complexity index is 1040. The summed E-state index contributed by atoms with van der Waals surface area (Å²) in [6, 6.07) is 12.6. The van der Waals surface area contributed by atoms with Gasteiger partial charge in [-0.1, -0.05) is 41.4 Å². The molecule has 1 aromatic heterocycles. The van der Waals surface area contributed by atoms with Crippen LogP contribution in [0.1, 0.15) is 11.3 Å². The third-order valence-corrected chi connectivity index (χ3v) is 4.27. The zero-order chi connectivity index (χ0) is 20.3. The fraction of sp³-hybridized carbons (Fsp3) is 0.0500. The molecule has 0 saturated heterocycles. The molecule has 0 aliphatic carbocycles. The second-order valence-electron chi connectivity index (χ2n) is 5.69. The van der Waals surface area contributed by atoms with E-state index in [2.05, 4.69) is 5.32 Å². The molecule has 144 valence electrons. The van der Waals surface area contributed by atoms with Gasteiger partial charge in [0.1, 0.15) is 11.5 Å². The number of alkyl halides is 3. The molecule has 1 N–H and O–H groups in total. The number of halogens is 5. The van der Waals surface area contributed by atoms with E-state index in [9.17, 15) is 18.0 Å². The van der Waals surface area contributed by atoms with Crippen LogP contribution in [0.2, 0.25) is 10.0 Å². The Labute approximate surface area is 168 Å². The third-order valence-electron chi connectivity index (χ3n) is 3.71. The average Bonchev–Trinajstić information content (AvgIpc) is 3.11. The van der Waals surface area contributed by atoms with Gasteiger partial charge < -0.3 is 9.73 Å². The van der Waals surface area contributed by atoms with Crippen LogP contribution in [0.3, 0.4) is 0 Å². The van der Waals surface area contributed by atoms with Crippen LogP contribution < -0.4 is 5.32 Å². The van der Waals surface area contributed by atoms with Crippen molar-refractivity contribution in [1.82, 2.24) is 0 Å². The van der Waals surface area contributed by atoms with Crippen LogP contribution in [0.5, 0.6) is 0 Å². The summed E-state index contributed by atoms with van der Waals surface area (Å²) >= 11 is 11.8. The molecule has 0 saturated carbocycles. The smallest absolute Gasteiger partial charge is 0.417 e. The molecular formula is C20H12Cl2F3NO2. The summed E-state index contributed by atoms with van der Waals surface area (Å²) in [5.41, 5.74) is -0.541. The Morgan fingerprint density at radius 1 is 1.04 bits per heavy atom. The Morgan fingerprint density at radius 3 is 2.54 bits per heavy atom. The molecule has 8 heteroatoms. The lowest BCUT2D eigenvalue weighted by atomic mass is 10.1. The van der Waals surface area contributed by atoms with Crippen molar-refractivity contribution in [3.63, 3.8) is 0 Å². The molecular weight excluding hydrogens is 414 g/mol. The summed E-state index contributed by atoms with van der Waals surface area (Å²) in [6.07, 6.45) is -1.99. The maximum Gasteiger partial charge on any atom is 0.417 e. The normalized spacial score (nSPS) is 11.8. The standard InChI is InChI=1S/C20H12Cl2F3NO2/c21-12-5-8-16(22)17(11-12)26-19(27)10-7-13-6-9-18(28-13)14-3-1-2-4-15(14)20(23,24)25/h1-11H,(H,26,27)/b10-7+. The maximum atomic E-state index is 13.1. The van der Waals surface area contributed by atoms with Crippen molar-refractivity contribution in [3.05, 3.63) is 82.0 Å². The lowest BCUT2D eigenvalue weighted by Gasteiger charge is -2.10. The average molecular weight is 426 g/mol. The van der Waals surface area contributed by atoms with Crippen LogP contribution in [0.15, 0.2) is 65.1 Å². The van der Waals surface area contributed by atoms with Crippen molar-refractivity contribution in [3.8, 4) is 11.3 Å². The van der Waals surface area contributed by atoms with Crippen LogP contribution in [-0.4, -0.2) is 5.91 Å². The summed E-state index contributed by atoms with van der Waals surface area (Å²) in [6.45, 7) is 0. The Morgan fingerprint density at radius 2 is 1.79 bits per heavy atom. The van der Waals surface area contributed by atoms with Crippen LogP contribution >= 0.6 is 23.2 Å². The van der Waals surface area contributed by atoms with Gasteiger partial charge >= 0.3 is 6.18 Å². The van der Waals surface area contributed by atoms with Gasteiger partial charge in [-0.3, -0.25) is 4.79 Å². The summed E-state index contributed by atoms with van der Waals surface area (Å²) in [5.74, 6) is -0.233. The minimum Gasteiger partial charge on any atom is -0.457 e. The van der Waals surface area contributed by atoms with Gasteiger partial charge in [0.2, 0.25) is 5.91 Å². The summed E-state index contributed by atoms with van der Waals surface area (Å²) in [4.78, 5) is 12.0. The summed E-state index contributed by atoms with van der Waals surface area (Å²) in [7, 11) is 0. The molecule has 28 heavy (non-hydrogen) atoms. The molecule has 3 aromatic rings. The highest BCUT2D eigenvalue weighted by atomic mass is 35.5. The van der Waals surface area contributed by atoms with E-state index in [1.807, 2.05) is 0 Å². The van der Waals surface area contributed by atoms with Gasteiger partial charge in [-0.25, -0.2) is 0 Å². The van der Waals surface area contributed by atoms with E-state index in [1.54, 1.807) is 12.1 Å². The van der Waals surface area contributed by atoms with Crippen molar-refractivity contribution >= 4 is 40.9 Å². The Balaban J connectivity index is 1.76.